The Hall–Kier alpha value is -2.63. The van der Waals surface area contributed by atoms with Crippen LogP contribution in [0.5, 0.6) is 5.75 Å². The molecule has 1 unspecified atom stereocenters. The van der Waals surface area contributed by atoms with Crippen molar-refractivity contribution >= 4 is 5.91 Å². The van der Waals surface area contributed by atoms with Gasteiger partial charge in [-0.3, -0.25) is 9.48 Å². The number of hydrogen-bond acceptors (Lipinski definition) is 4. The zero-order chi connectivity index (χ0) is 16.7. The second-order valence-electron chi connectivity index (χ2n) is 5.61. The summed E-state index contributed by atoms with van der Waals surface area (Å²) in [6.45, 7) is 7.03. The molecule has 23 heavy (non-hydrogen) atoms. The van der Waals surface area contributed by atoms with E-state index in [1.165, 1.54) is 11.9 Å². The van der Waals surface area contributed by atoms with Crippen LogP contribution in [-0.4, -0.2) is 33.3 Å². The van der Waals surface area contributed by atoms with Crippen LogP contribution < -0.4 is 10.1 Å². The van der Waals surface area contributed by atoms with Crippen LogP contribution in [0.4, 0.5) is 0 Å². The summed E-state index contributed by atoms with van der Waals surface area (Å²) in [5, 5.41) is 6.97. The highest BCUT2D eigenvalue weighted by Gasteiger charge is 2.11. The van der Waals surface area contributed by atoms with Gasteiger partial charge in [-0.2, -0.15) is 5.10 Å². The average molecular weight is 314 g/mol. The molecular weight excluding hydrogens is 292 g/mol. The Balaban J connectivity index is 1.92. The maximum absolute atomic E-state index is 12.3. The summed E-state index contributed by atoms with van der Waals surface area (Å²) in [7, 11) is 0. The lowest BCUT2D eigenvalue weighted by atomic mass is 10.2. The minimum atomic E-state index is -0.134. The van der Waals surface area contributed by atoms with Crippen molar-refractivity contribution in [3.63, 3.8) is 0 Å². The first-order valence-electron chi connectivity index (χ1n) is 7.54. The van der Waals surface area contributed by atoms with Crippen molar-refractivity contribution in [1.82, 2.24) is 20.1 Å². The van der Waals surface area contributed by atoms with Crippen LogP contribution in [0.1, 0.15) is 31.1 Å². The van der Waals surface area contributed by atoms with Crippen molar-refractivity contribution in [2.75, 3.05) is 6.61 Å². The first-order chi connectivity index (χ1) is 11.0. The lowest BCUT2D eigenvalue weighted by Crippen LogP contribution is -2.35. The molecule has 0 radical (unpaired) electrons. The number of benzene rings is 1. The summed E-state index contributed by atoms with van der Waals surface area (Å²) in [6, 6.07) is 7.12. The highest BCUT2D eigenvalue weighted by Crippen LogP contribution is 2.13. The summed E-state index contributed by atoms with van der Waals surface area (Å²) in [6.07, 6.45) is 5.09. The van der Waals surface area contributed by atoms with E-state index in [1.807, 2.05) is 39.0 Å². The Labute approximate surface area is 136 Å². The number of nitrogens with one attached hydrogen (secondary N) is 1. The Morgan fingerprint density at radius 3 is 2.96 bits per heavy atom. The van der Waals surface area contributed by atoms with E-state index in [2.05, 4.69) is 15.4 Å². The van der Waals surface area contributed by atoms with Gasteiger partial charge in [0, 0.05) is 11.6 Å². The largest absolute Gasteiger partial charge is 0.490 e. The smallest absolute Gasteiger partial charge is 0.251 e. The van der Waals surface area contributed by atoms with Gasteiger partial charge in [-0.25, -0.2) is 4.98 Å². The lowest BCUT2D eigenvalue weighted by molar-refractivity contribution is 0.0935. The molecule has 0 aliphatic heterocycles. The molecule has 1 heterocycles. The van der Waals surface area contributed by atoms with E-state index in [9.17, 15) is 4.79 Å². The molecule has 0 bridgehead atoms. The van der Waals surface area contributed by atoms with Crippen LogP contribution in [0.2, 0.25) is 0 Å². The van der Waals surface area contributed by atoms with E-state index < -0.39 is 0 Å². The van der Waals surface area contributed by atoms with E-state index in [1.54, 1.807) is 23.1 Å². The summed E-state index contributed by atoms with van der Waals surface area (Å²) in [5.41, 5.74) is 1.77. The van der Waals surface area contributed by atoms with Crippen LogP contribution in [0, 0.1) is 0 Å². The summed E-state index contributed by atoms with van der Waals surface area (Å²) in [5.74, 6) is 0.546. The van der Waals surface area contributed by atoms with E-state index in [-0.39, 0.29) is 11.9 Å². The van der Waals surface area contributed by atoms with Gasteiger partial charge in [-0.15, -0.1) is 0 Å². The molecule has 122 valence electrons. The zero-order valence-corrected chi connectivity index (χ0v) is 13.7. The lowest BCUT2D eigenvalue weighted by Gasteiger charge is -2.14. The Morgan fingerprint density at radius 2 is 2.26 bits per heavy atom. The van der Waals surface area contributed by atoms with Crippen molar-refractivity contribution < 1.29 is 9.53 Å². The van der Waals surface area contributed by atoms with Crippen LogP contribution in [0.15, 0.2) is 48.6 Å². The fraction of sp³-hybridized carbons (Fsp3) is 0.353. The van der Waals surface area contributed by atoms with E-state index in [0.717, 1.165) is 0 Å². The van der Waals surface area contributed by atoms with E-state index in [4.69, 9.17) is 4.74 Å². The van der Waals surface area contributed by atoms with Gasteiger partial charge < -0.3 is 10.1 Å². The molecule has 0 fully saturated rings. The molecule has 1 atom stereocenters. The van der Waals surface area contributed by atoms with Crippen LogP contribution in [-0.2, 0) is 6.54 Å². The Kier molecular flexibility index (Phi) is 5.91. The molecule has 0 aliphatic rings. The molecule has 2 rings (SSSR count). The number of rotatable bonds is 7. The van der Waals surface area contributed by atoms with Crippen molar-refractivity contribution in [2.24, 2.45) is 0 Å². The monoisotopic (exact) mass is 314 g/mol. The minimum absolute atomic E-state index is 0.0561. The summed E-state index contributed by atoms with van der Waals surface area (Å²) >= 11 is 0. The molecular formula is C17H22N4O2. The van der Waals surface area contributed by atoms with Crippen LogP contribution >= 0.6 is 0 Å². The molecule has 2 aromatic rings. The Morgan fingerprint density at radius 1 is 1.43 bits per heavy atom. The van der Waals surface area contributed by atoms with Crippen molar-refractivity contribution in [3.05, 3.63) is 54.1 Å². The molecule has 0 saturated carbocycles. The fourth-order valence-electron chi connectivity index (χ4n) is 1.99. The maximum atomic E-state index is 12.3. The molecule has 0 spiro atoms. The molecule has 6 heteroatoms. The van der Waals surface area contributed by atoms with Gasteiger partial charge in [0.05, 0.1) is 6.54 Å². The summed E-state index contributed by atoms with van der Waals surface area (Å²) in [4.78, 5) is 16.2. The second-order valence-corrected chi connectivity index (χ2v) is 5.61. The standard InChI is InChI=1S/C17H22N4O2/c1-13(2)7-8-23-16-6-4-5-15(9-16)17(22)20-14(3)10-21-12-18-11-19-21/h4-7,9,11-12,14H,8,10H2,1-3H3,(H,20,22). The second kappa shape index (κ2) is 8.12. The number of allylic oxidation sites excluding steroid dienone is 1. The number of carbonyl (C=O) groups is 1. The number of carbonyl (C=O) groups excluding carboxylic acids is 1. The van der Waals surface area contributed by atoms with Crippen molar-refractivity contribution in [3.8, 4) is 5.75 Å². The topological polar surface area (TPSA) is 69.0 Å². The third-order valence-corrected chi connectivity index (χ3v) is 3.14. The van der Waals surface area contributed by atoms with Crippen LogP contribution in [0.25, 0.3) is 0 Å². The van der Waals surface area contributed by atoms with Gasteiger partial charge in [-0.05, 0) is 45.0 Å². The maximum Gasteiger partial charge on any atom is 0.251 e. The number of nitrogens with zero attached hydrogens (tertiary/aromatic N) is 3. The molecule has 6 nitrogen and oxygen atoms in total. The van der Waals surface area contributed by atoms with Gasteiger partial charge in [0.2, 0.25) is 0 Å². The highest BCUT2D eigenvalue weighted by atomic mass is 16.5. The van der Waals surface area contributed by atoms with Gasteiger partial charge in [-0.1, -0.05) is 11.6 Å². The van der Waals surface area contributed by atoms with Crippen molar-refractivity contribution in [1.29, 1.82) is 0 Å². The normalized spacial score (nSPS) is 11.6. The molecule has 1 aromatic heterocycles. The first kappa shape index (κ1) is 16.7. The molecule has 1 aromatic carbocycles. The van der Waals surface area contributed by atoms with Crippen LogP contribution in [0.3, 0.4) is 0 Å². The summed E-state index contributed by atoms with van der Waals surface area (Å²) < 4.78 is 7.30. The van der Waals surface area contributed by atoms with Gasteiger partial charge in [0.15, 0.2) is 0 Å². The highest BCUT2D eigenvalue weighted by molar-refractivity contribution is 5.94. The molecule has 0 aliphatic carbocycles. The predicted octanol–water partition coefficient (Wildman–Crippen LogP) is 2.44. The average Bonchev–Trinajstić information content (AvgIpc) is 3.00. The number of ether oxygens (including phenoxy) is 1. The van der Waals surface area contributed by atoms with Gasteiger partial charge in [0.1, 0.15) is 25.0 Å². The minimum Gasteiger partial charge on any atom is -0.490 e. The quantitative estimate of drug-likeness (QED) is 0.797. The SMILES string of the molecule is CC(C)=CCOc1cccc(C(=O)NC(C)Cn2cncn2)c1. The number of hydrogen-bond donors (Lipinski definition) is 1. The van der Waals surface area contributed by atoms with E-state index >= 15 is 0 Å². The third kappa shape index (κ3) is 5.58. The Bertz CT molecular complexity index is 661. The molecule has 1 amide bonds. The van der Waals surface area contributed by atoms with E-state index in [0.29, 0.717) is 24.5 Å². The van der Waals surface area contributed by atoms with Crippen molar-refractivity contribution in [2.45, 2.75) is 33.4 Å². The number of aromatic nitrogens is 3. The third-order valence-electron chi connectivity index (χ3n) is 3.14. The molecule has 1 N–H and O–H groups in total. The van der Waals surface area contributed by atoms with Gasteiger partial charge >= 0.3 is 0 Å². The fourth-order valence-corrected chi connectivity index (χ4v) is 1.99. The first-order valence-corrected chi connectivity index (χ1v) is 7.54. The van der Waals surface area contributed by atoms with Gasteiger partial charge in [0.25, 0.3) is 5.91 Å². The predicted molar refractivity (Wildman–Crippen MR) is 88.3 cm³/mol. The zero-order valence-electron chi connectivity index (χ0n) is 13.7. The molecule has 0 saturated heterocycles. The number of amides is 1.